The Morgan fingerprint density at radius 1 is 1.28 bits per heavy atom. The van der Waals surface area contributed by atoms with E-state index in [-0.39, 0.29) is 10.4 Å². The van der Waals surface area contributed by atoms with Crippen LogP contribution in [0.2, 0.25) is 0 Å². The molecule has 6 heteroatoms. The molecular weight excluding hydrogens is 298 g/mol. The van der Waals surface area contributed by atoms with Crippen molar-refractivity contribution in [1.82, 2.24) is 9.97 Å². The van der Waals surface area contributed by atoms with Gasteiger partial charge in [-0.15, -0.1) is 0 Å². The van der Waals surface area contributed by atoms with Crippen molar-refractivity contribution in [3.8, 4) is 17.3 Å². The van der Waals surface area contributed by atoms with E-state index in [0.717, 1.165) is 11.3 Å². The first-order valence-corrected chi connectivity index (χ1v) is 6.05. The molecule has 0 aliphatic heterocycles. The minimum Gasteiger partial charge on any atom is -0.492 e. The van der Waals surface area contributed by atoms with Crippen LogP contribution in [-0.4, -0.2) is 29.2 Å². The van der Waals surface area contributed by atoms with Crippen molar-refractivity contribution in [2.45, 2.75) is 0 Å². The van der Waals surface area contributed by atoms with Gasteiger partial charge in [0.1, 0.15) is 10.3 Å². The van der Waals surface area contributed by atoms with Crippen LogP contribution in [0.15, 0.2) is 33.5 Å². The van der Waals surface area contributed by atoms with Crippen LogP contribution in [0.3, 0.4) is 0 Å². The van der Waals surface area contributed by atoms with E-state index in [9.17, 15) is 9.90 Å². The normalized spacial score (nSPS) is 10.4. The van der Waals surface area contributed by atoms with Gasteiger partial charge in [0.25, 0.3) is 5.56 Å². The van der Waals surface area contributed by atoms with Gasteiger partial charge in [-0.1, -0.05) is 0 Å². The first-order valence-electron chi connectivity index (χ1n) is 5.25. The molecule has 94 valence electrons. The fourth-order valence-electron chi connectivity index (χ4n) is 1.50. The number of anilines is 1. The van der Waals surface area contributed by atoms with E-state index in [2.05, 4.69) is 25.9 Å². The Labute approximate surface area is 112 Å². The molecule has 0 saturated carbocycles. The largest absolute Gasteiger partial charge is 0.492 e. The smallest absolute Gasteiger partial charge is 0.269 e. The molecule has 1 heterocycles. The van der Waals surface area contributed by atoms with Crippen LogP contribution in [0.1, 0.15) is 0 Å². The van der Waals surface area contributed by atoms with Crippen LogP contribution in [0.25, 0.3) is 11.4 Å². The fraction of sp³-hybridized carbons (Fsp3) is 0.167. The van der Waals surface area contributed by atoms with Gasteiger partial charge < -0.3 is 15.0 Å². The second kappa shape index (κ2) is 4.81. The zero-order chi connectivity index (χ0) is 13.3. The molecule has 0 bridgehead atoms. The number of halogens is 1. The molecule has 2 N–H and O–H groups in total. The Morgan fingerprint density at radius 3 is 2.39 bits per heavy atom. The van der Waals surface area contributed by atoms with Crippen molar-refractivity contribution >= 4 is 21.6 Å². The SMILES string of the molecule is CN(C)c1ccc(-c2nc(O)c(Br)c(=O)[nH]2)cc1. The number of aromatic amines is 1. The highest BCUT2D eigenvalue weighted by Gasteiger charge is 2.09. The number of rotatable bonds is 2. The second-order valence-corrected chi connectivity index (χ2v) is 4.79. The average Bonchev–Trinajstić information content (AvgIpc) is 2.35. The maximum absolute atomic E-state index is 11.5. The van der Waals surface area contributed by atoms with Gasteiger partial charge in [0.2, 0.25) is 5.88 Å². The van der Waals surface area contributed by atoms with Gasteiger partial charge in [-0.25, -0.2) is 0 Å². The molecule has 0 atom stereocenters. The lowest BCUT2D eigenvalue weighted by Crippen LogP contribution is -2.10. The van der Waals surface area contributed by atoms with E-state index in [1.165, 1.54) is 0 Å². The first-order chi connectivity index (χ1) is 8.49. The van der Waals surface area contributed by atoms with Crippen molar-refractivity contribution in [3.63, 3.8) is 0 Å². The zero-order valence-electron chi connectivity index (χ0n) is 9.94. The van der Waals surface area contributed by atoms with E-state index in [0.29, 0.717) is 5.82 Å². The van der Waals surface area contributed by atoms with Gasteiger partial charge in [0.05, 0.1) is 0 Å². The number of nitrogens with zero attached hydrogens (tertiary/aromatic N) is 2. The molecule has 1 aromatic heterocycles. The summed E-state index contributed by atoms with van der Waals surface area (Å²) in [5.74, 6) is 0.0245. The van der Waals surface area contributed by atoms with Gasteiger partial charge in [0, 0.05) is 25.3 Å². The minimum absolute atomic E-state index is 0.0381. The van der Waals surface area contributed by atoms with Gasteiger partial charge in [-0.3, -0.25) is 4.79 Å². The summed E-state index contributed by atoms with van der Waals surface area (Å²) in [5, 5.41) is 9.50. The average molecular weight is 310 g/mol. The van der Waals surface area contributed by atoms with Gasteiger partial charge in [-0.05, 0) is 40.2 Å². The molecule has 18 heavy (non-hydrogen) atoms. The lowest BCUT2D eigenvalue weighted by molar-refractivity contribution is 0.448. The van der Waals surface area contributed by atoms with Crippen LogP contribution in [-0.2, 0) is 0 Å². The van der Waals surface area contributed by atoms with Crippen LogP contribution < -0.4 is 10.5 Å². The van der Waals surface area contributed by atoms with Crippen LogP contribution in [0, 0.1) is 0 Å². The van der Waals surface area contributed by atoms with Gasteiger partial charge in [-0.2, -0.15) is 4.98 Å². The summed E-state index contributed by atoms with van der Waals surface area (Å²) in [5.41, 5.74) is 1.37. The summed E-state index contributed by atoms with van der Waals surface area (Å²) in [4.78, 5) is 20.0. The number of hydrogen-bond donors (Lipinski definition) is 2. The Morgan fingerprint density at radius 2 is 1.89 bits per heavy atom. The summed E-state index contributed by atoms with van der Waals surface area (Å²) in [6.07, 6.45) is 0. The fourth-order valence-corrected chi connectivity index (χ4v) is 1.69. The summed E-state index contributed by atoms with van der Waals surface area (Å²) >= 11 is 2.95. The number of benzene rings is 1. The zero-order valence-corrected chi connectivity index (χ0v) is 11.5. The maximum atomic E-state index is 11.5. The predicted octanol–water partition coefficient (Wildman–Crippen LogP) is 1.97. The minimum atomic E-state index is -0.408. The summed E-state index contributed by atoms with van der Waals surface area (Å²) in [7, 11) is 3.89. The molecule has 0 unspecified atom stereocenters. The van der Waals surface area contributed by atoms with Gasteiger partial charge in [0.15, 0.2) is 0 Å². The molecule has 5 nitrogen and oxygen atoms in total. The third-order valence-electron chi connectivity index (χ3n) is 2.50. The Hall–Kier alpha value is -1.82. The lowest BCUT2D eigenvalue weighted by atomic mass is 10.2. The van der Waals surface area contributed by atoms with Crippen LogP contribution >= 0.6 is 15.9 Å². The number of H-pyrrole nitrogens is 1. The molecule has 0 aliphatic rings. The quantitative estimate of drug-likeness (QED) is 0.890. The molecule has 2 aromatic rings. The Kier molecular flexibility index (Phi) is 3.38. The second-order valence-electron chi connectivity index (χ2n) is 3.99. The van der Waals surface area contributed by atoms with E-state index in [4.69, 9.17) is 0 Å². The summed E-state index contributed by atoms with van der Waals surface area (Å²) in [6, 6.07) is 7.49. The molecule has 0 amide bonds. The molecule has 0 saturated heterocycles. The third kappa shape index (κ3) is 2.38. The number of aromatic hydroxyl groups is 1. The highest BCUT2D eigenvalue weighted by molar-refractivity contribution is 9.10. The molecule has 1 aromatic carbocycles. The van der Waals surface area contributed by atoms with Crippen LogP contribution in [0.4, 0.5) is 5.69 Å². The van der Waals surface area contributed by atoms with Crippen molar-refractivity contribution in [2.75, 3.05) is 19.0 Å². The molecule has 0 radical (unpaired) electrons. The van der Waals surface area contributed by atoms with Gasteiger partial charge >= 0.3 is 0 Å². The molecule has 0 fully saturated rings. The summed E-state index contributed by atoms with van der Waals surface area (Å²) in [6.45, 7) is 0. The highest BCUT2D eigenvalue weighted by Crippen LogP contribution is 2.22. The number of nitrogens with one attached hydrogen (secondary N) is 1. The van der Waals surface area contributed by atoms with E-state index < -0.39 is 5.56 Å². The number of hydrogen-bond acceptors (Lipinski definition) is 4. The number of aromatic nitrogens is 2. The standard InChI is InChI=1S/C12H12BrN3O2/c1-16(2)8-5-3-7(4-6-8)10-14-11(17)9(13)12(18)15-10/h3-6H,1-2H3,(H2,14,15,17,18). The Bertz CT molecular complexity index is 620. The van der Waals surface area contributed by atoms with Crippen LogP contribution in [0.5, 0.6) is 5.88 Å². The van der Waals surface area contributed by atoms with E-state index in [1.807, 2.05) is 43.3 Å². The monoisotopic (exact) mass is 309 g/mol. The van der Waals surface area contributed by atoms with Crippen molar-refractivity contribution in [2.24, 2.45) is 0 Å². The third-order valence-corrected chi connectivity index (χ3v) is 3.22. The predicted molar refractivity (Wildman–Crippen MR) is 74.0 cm³/mol. The van der Waals surface area contributed by atoms with E-state index >= 15 is 0 Å². The van der Waals surface area contributed by atoms with E-state index in [1.54, 1.807) is 0 Å². The molecule has 0 aliphatic carbocycles. The van der Waals surface area contributed by atoms with Crippen molar-refractivity contribution < 1.29 is 5.11 Å². The molecular formula is C12H12BrN3O2. The summed E-state index contributed by atoms with van der Waals surface area (Å²) < 4.78 is 0.0381. The van der Waals surface area contributed by atoms with Crippen molar-refractivity contribution in [1.29, 1.82) is 0 Å². The topological polar surface area (TPSA) is 69.2 Å². The molecule has 0 spiro atoms. The molecule has 2 rings (SSSR count). The highest BCUT2D eigenvalue weighted by atomic mass is 79.9. The van der Waals surface area contributed by atoms with Crippen molar-refractivity contribution in [3.05, 3.63) is 39.1 Å². The first kappa shape index (κ1) is 12.6. The maximum Gasteiger partial charge on any atom is 0.269 e. The lowest BCUT2D eigenvalue weighted by Gasteiger charge is -2.12. The Balaban J connectivity index is 2.46.